The van der Waals surface area contributed by atoms with E-state index in [-0.39, 0.29) is 81.0 Å². The highest BCUT2D eigenvalue weighted by molar-refractivity contribution is 7.23. The minimum absolute atomic E-state index is 0.00403. The van der Waals surface area contributed by atoms with E-state index in [1.807, 2.05) is 15.9 Å². The summed E-state index contributed by atoms with van der Waals surface area (Å²) in [6.07, 6.45) is -2.59. The van der Waals surface area contributed by atoms with Crippen molar-refractivity contribution in [1.29, 1.82) is 5.26 Å². The van der Waals surface area contributed by atoms with Crippen molar-refractivity contribution in [3.8, 4) is 23.2 Å². The second-order valence-corrected chi connectivity index (χ2v) is 15.0. The molecule has 9 nitrogen and oxygen atoms in total. The molecule has 2 N–H and O–H groups in total. The fourth-order valence-electron chi connectivity index (χ4n) is 8.96. The third-order valence-corrected chi connectivity index (χ3v) is 12.1. The molecule has 6 heterocycles. The van der Waals surface area contributed by atoms with Gasteiger partial charge in [0.1, 0.15) is 41.0 Å². The van der Waals surface area contributed by atoms with Crippen molar-refractivity contribution >= 4 is 49.1 Å². The summed E-state index contributed by atoms with van der Waals surface area (Å²) < 4.78 is 98.0. The Bertz CT molecular complexity index is 2140. The van der Waals surface area contributed by atoms with E-state index in [0.717, 1.165) is 24.6 Å². The molecule has 4 atom stereocenters. The van der Waals surface area contributed by atoms with Gasteiger partial charge in [-0.2, -0.15) is 28.4 Å². The second kappa shape index (κ2) is 12.1. The molecule has 4 aliphatic heterocycles. The molecule has 4 saturated heterocycles. The van der Waals surface area contributed by atoms with Gasteiger partial charge >= 0.3 is 12.2 Å². The maximum atomic E-state index is 17.2. The van der Waals surface area contributed by atoms with Crippen LogP contribution in [0.3, 0.4) is 0 Å². The van der Waals surface area contributed by atoms with Crippen LogP contribution < -0.4 is 15.4 Å². The average Bonchev–Trinajstić information content (AvgIpc) is 3.84. The molecule has 8 rings (SSSR count). The van der Waals surface area contributed by atoms with Gasteiger partial charge in [0.15, 0.2) is 5.82 Å². The average molecular weight is 730 g/mol. The highest BCUT2D eigenvalue weighted by Gasteiger charge is 2.50. The number of halogens is 6. The number of fused-ring (bicyclic) bond motifs is 4. The number of carbonyl (C=O) groups is 1. The van der Waals surface area contributed by atoms with Gasteiger partial charge < -0.3 is 20.3 Å². The van der Waals surface area contributed by atoms with E-state index in [1.165, 1.54) is 6.92 Å². The van der Waals surface area contributed by atoms with Crippen molar-refractivity contribution in [1.82, 2.24) is 19.8 Å². The molecule has 2 aromatic carbocycles. The molecular formula is C35H33F6N7O2S. The highest BCUT2D eigenvalue weighted by Crippen LogP contribution is 2.49. The second-order valence-electron chi connectivity index (χ2n) is 13.9. The number of anilines is 2. The van der Waals surface area contributed by atoms with Crippen LogP contribution in [0.5, 0.6) is 6.01 Å². The van der Waals surface area contributed by atoms with Gasteiger partial charge in [-0.15, -0.1) is 11.3 Å². The van der Waals surface area contributed by atoms with Crippen molar-refractivity contribution in [2.75, 3.05) is 43.4 Å². The summed E-state index contributed by atoms with van der Waals surface area (Å²) in [4.78, 5) is 27.1. The standard InChI is InChI=1S/C35H33F6N7O2S/c1-17(49)47-11-7-25-24(47)4-2-10-48(25)32-20-12-22(35(39,40)41)27(19-5-6-23(37)30-26(19)21(14-42)31(43)51-30)28(38)29(20)44-33(45-32)50-16-34-8-3-9-46(34)15-18(36)13-34/h5-6,12,18,24-25H,2-4,7-11,13,15-16,43H2,1H3. The van der Waals surface area contributed by atoms with Crippen molar-refractivity contribution in [3.05, 3.63) is 41.0 Å². The lowest BCUT2D eigenvalue weighted by Crippen LogP contribution is -2.51. The number of nitrogens with two attached hydrogens (primary N) is 1. The lowest BCUT2D eigenvalue weighted by Gasteiger charge is -2.41. The first-order valence-corrected chi connectivity index (χ1v) is 17.7. The summed E-state index contributed by atoms with van der Waals surface area (Å²) in [5.41, 5.74) is 2.00. The van der Waals surface area contributed by atoms with Gasteiger partial charge in [-0.25, -0.2) is 13.2 Å². The van der Waals surface area contributed by atoms with Gasteiger partial charge in [-0.05, 0) is 56.3 Å². The number of hydrogen-bond acceptors (Lipinski definition) is 9. The first-order chi connectivity index (χ1) is 24.3. The Labute approximate surface area is 292 Å². The lowest BCUT2D eigenvalue weighted by molar-refractivity contribution is -0.137. The zero-order valence-electron chi connectivity index (χ0n) is 27.5. The van der Waals surface area contributed by atoms with E-state index >= 15 is 17.6 Å². The van der Waals surface area contributed by atoms with Gasteiger partial charge in [0, 0.05) is 49.3 Å². The summed E-state index contributed by atoms with van der Waals surface area (Å²) in [5, 5.41) is 9.29. The van der Waals surface area contributed by atoms with Gasteiger partial charge in [0.25, 0.3) is 0 Å². The van der Waals surface area contributed by atoms with Crippen LogP contribution >= 0.6 is 11.3 Å². The van der Waals surface area contributed by atoms with Crippen LogP contribution in [-0.4, -0.2) is 82.3 Å². The molecule has 4 aromatic rings. The SMILES string of the molecule is CC(=O)N1CCC2C1CCCN2c1nc(OCC23CCCN2CC(F)C3)nc2c(F)c(-c3ccc(F)c4sc(N)c(C#N)c34)c(C(F)(F)F)cc12. The van der Waals surface area contributed by atoms with Crippen molar-refractivity contribution in [2.24, 2.45) is 0 Å². The summed E-state index contributed by atoms with van der Waals surface area (Å²) in [6, 6.07) is 3.75. The number of aromatic nitrogens is 2. The number of likely N-dealkylation sites (tertiary alicyclic amines) is 1. The van der Waals surface area contributed by atoms with Crippen LogP contribution in [0.4, 0.5) is 37.2 Å². The molecular weight excluding hydrogens is 696 g/mol. The smallest absolute Gasteiger partial charge is 0.417 e. The zero-order valence-corrected chi connectivity index (χ0v) is 28.3. The number of carbonyl (C=O) groups excluding carboxylic acids is 1. The molecule has 0 bridgehead atoms. The highest BCUT2D eigenvalue weighted by atomic mass is 32.1. The number of amides is 1. The maximum absolute atomic E-state index is 17.2. The van der Waals surface area contributed by atoms with Crippen LogP contribution in [0.25, 0.3) is 32.1 Å². The molecule has 4 unspecified atom stereocenters. The number of ether oxygens (including phenoxy) is 1. The first-order valence-electron chi connectivity index (χ1n) is 16.9. The molecule has 268 valence electrons. The Balaban J connectivity index is 1.35. The maximum Gasteiger partial charge on any atom is 0.417 e. The van der Waals surface area contributed by atoms with E-state index in [1.54, 1.807) is 4.90 Å². The Morgan fingerprint density at radius 2 is 1.96 bits per heavy atom. The predicted octanol–water partition coefficient (Wildman–Crippen LogP) is 6.81. The molecule has 4 fully saturated rings. The van der Waals surface area contributed by atoms with Crippen molar-refractivity contribution in [2.45, 2.75) is 75.4 Å². The summed E-state index contributed by atoms with van der Waals surface area (Å²) in [6.45, 7) is 3.26. The zero-order chi connectivity index (χ0) is 36.0. The molecule has 0 saturated carbocycles. The van der Waals surface area contributed by atoms with Gasteiger partial charge in [0.05, 0.1) is 33.4 Å². The summed E-state index contributed by atoms with van der Waals surface area (Å²) in [5.74, 6) is -2.26. The Morgan fingerprint density at radius 1 is 1.16 bits per heavy atom. The Kier molecular flexibility index (Phi) is 8.02. The van der Waals surface area contributed by atoms with Crippen LogP contribution in [0.15, 0.2) is 18.2 Å². The minimum atomic E-state index is -5.11. The van der Waals surface area contributed by atoms with Crippen LogP contribution in [0.1, 0.15) is 56.6 Å². The molecule has 0 spiro atoms. The fraction of sp³-hybridized carbons (Fsp3) is 0.486. The number of rotatable bonds is 5. The first kappa shape index (κ1) is 33.8. The predicted molar refractivity (Wildman–Crippen MR) is 179 cm³/mol. The number of nitrogens with zero attached hydrogens (tertiary/aromatic N) is 6. The molecule has 1 amide bonds. The van der Waals surface area contributed by atoms with E-state index in [0.29, 0.717) is 56.7 Å². The van der Waals surface area contributed by atoms with E-state index in [4.69, 9.17) is 10.5 Å². The van der Waals surface area contributed by atoms with E-state index in [2.05, 4.69) is 9.97 Å². The molecule has 51 heavy (non-hydrogen) atoms. The van der Waals surface area contributed by atoms with E-state index < -0.39 is 46.2 Å². The fourth-order valence-corrected chi connectivity index (χ4v) is 9.91. The number of nitrogen functional groups attached to an aromatic ring is 1. The molecule has 16 heteroatoms. The monoisotopic (exact) mass is 729 g/mol. The van der Waals surface area contributed by atoms with Crippen molar-refractivity contribution in [3.63, 3.8) is 0 Å². The summed E-state index contributed by atoms with van der Waals surface area (Å²) in [7, 11) is 0. The van der Waals surface area contributed by atoms with Gasteiger partial charge in [0.2, 0.25) is 5.91 Å². The molecule has 0 aliphatic carbocycles. The lowest BCUT2D eigenvalue weighted by atomic mass is 9.92. The van der Waals surface area contributed by atoms with Gasteiger partial charge in [-0.1, -0.05) is 6.07 Å². The van der Waals surface area contributed by atoms with Crippen LogP contribution in [0.2, 0.25) is 0 Å². The number of thiophene rings is 1. The molecule has 0 radical (unpaired) electrons. The largest absolute Gasteiger partial charge is 0.461 e. The number of alkyl halides is 4. The topological polar surface area (TPSA) is 112 Å². The van der Waals surface area contributed by atoms with E-state index in [9.17, 15) is 18.8 Å². The van der Waals surface area contributed by atoms with Crippen LogP contribution in [0, 0.1) is 23.0 Å². The normalized spacial score (nSPS) is 25.1. The molecule has 2 aromatic heterocycles. The molecule has 4 aliphatic rings. The number of piperidine rings is 1. The Hall–Kier alpha value is -4.36. The third-order valence-electron chi connectivity index (χ3n) is 11.1. The quantitative estimate of drug-likeness (QED) is 0.223. The van der Waals surface area contributed by atoms with Crippen molar-refractivity contribution < 1.29 is 35.9 Å². The van der Waals surface area contributed by atoms with Crippen LogP contribution in [-0.2, 0) is 11.0 Å². The number of nitriles is 1. The summed E-state index contributed by atoms with van der Waals surface area (Å²) >= 11 is 0.688. The third kappa shape index (κ3) is 5.34. The Morgan fingerprint density at radius 3 is 2.71 bits per heavy atom. The van der Waals surface area contributed by atoms with Gasteiger partial charge in [-0.3, -0.25) is 9.69 Å². The number of hydrogen-bond donors (Lipinski definition) is 1. The number of benzene rings is 2. The minimum Gasteiger partial charge on any atom is -0.461 e.